The molecule has 0 amide bonds. The van der Waals surface area contributed by atoms with E-state index in [9.17, 15) is 19.5 Å². The number of nitrogens with one attached hydrogen (secondary N) is 1. The van der Waals surface area contributed by atoms with Crippen LogP contribution in [0.4, 0.5) is 5.69 Å². The van der Waals surface area contributed by atoms with Gasteiger partial charge in [-0.1, -0.05) is 57.9 Å². The fourth-order valence-corrected chi connectivity index (χ4v) is 4.01. The van der Waals surface area contributed by atoms with Crippen molar-refractivity contribution >= 4 is 57.4 Å². The fourth-order valence-electron chi connectivity index (χ4n) is 3.29. The number of benzene rings is 1. The average Bonchev–Trinajstić information content (AvgIpc) is 2.78. The summed E-state index contributed by atoms with van der Waals surface area (Å²) in [4.78, 5) is 48.5. The summed E-state index contributed by atoms with van der Waals surface area (Å²) in [6, 6.07) is 8.35. The topological polar surface area (TPSA) is 132 Å². The van der Waals surface area contributed by atoms with E-state index in [0.29, 0.717) is 16.6 Å². The van der Waals surface area contributed by atoms with Gasteiger partial charge in [0.2, 0.25) is 11.5 Å². The number of aromatic amines is 1. The van der Waals surface area contributed by atoms with Gasteiger partial charge >= 0.3 is 17.3 Å². The lowest BCUT2D eigenvalue weighted by molar-refractivity contribution is -0.136. The molecule has 0 radical (unpaired) electrons. The molecular weight excluding hydrogens is 612 g/mol. The highest BCUT2D eigenvalue weighted by atomic mass is 127. The van der Waals surface area contributed by atoms with Gasteiger partial charge in [0.15, 0.2) is 0 Å². The summed E-state index contributed by atoms with van der Waals surface area (Å²) in [6.07, 6.45) is 4.54. The van der Waals surface area contributed by atoms with Crippen molar-refractivity contribution in [1.82, 2.24) is 19.1 Å². The molecule has 2 aromatic heterocycles. The van der Waals surface area contributed by atoms with Crippen molar-refractivity contribution in [2.45, 2.75) is 42.4 Å². The number of nitrogens with zero attached hydrogens (tertiary/aromatic N) is 4. The molecule has 1 aliphatic carbocycles. The molecule has 1 aromatic carbocycles. The van der Waals surface area contributed by atoms with E-state index >= 15 is 0 Å². The lowest BCUT2D eigenvalue weighted by Gasteiger charge is -2.25. The Bertz CT molecular complexity index is 1430. The lowest BCUT2D eigenvalue weighted by atomic mass is 9.96. The molecule has 1 fully saturated rings. The standard InChI is InChI=1S/C22H20Cl2IN5O5/c23-13-6-4-12(5-7-13)10-29-20(28-21(33)30(22(29)34)11-17(25)19(31)32)27-14-8-16(24)18(26-9-14)35-15-2-1-3-15/h4-9,15,17H,1-3,10-11H2,(H,31,32)(H,27,28,33)/t17-/m0/s1. The smallest absolute Gasteiger partial charge is 0.335 e. The van der Waals surface area contributed by atoms with Crippen LogP contribution in [0.5, 0.6) is 5.88 Å². The highest BCUT2D eigenvalue weighted by Gasteiger charge is 2.21. The summed E-state index contributed by atoms with van der Waals surface area (Å²) >= 11 is 13.9. The maximum absolute atomic E-state index is 13.3. The van der Waals surface area contributed by atoms with Crippen LogP contribution in [0.2, 0.25) is 10.0 Å². The Morgan fingerprint density at radius 1 is 1.26 bits per heavy atom. The quantitative estimate of drug-likeness (QED) is 0.290. The first kappa shape index (κ1) is 25.5. The van der Waals surface area contributed by atoms with Crippen molar-refractivity contribution < 1.29 is 14.6 Å². The first-order valence-corrected chi connectivity index (χ1v) is 12.6. The van der Waals surface area contributed by atoms with Gasteiger partial charge in [-0.2, -0.15) is 0 Å². The number of rotatable bonds is 8. The van der Waals surface area contributed by atoms with Gasteiger partial charge in [-0.3, -0.25) is 14.3 Å². The Labute approximate surface area is 222 Å². The minimum atomic E-state index is -1.14. The first-order valence-electron chi connectivity index (χ1n) is 10.6. The van der Waals surface area contributed by atoms with E-state index in [1.807, 2.05) is 0 Å². The highest BCUT2D eigenvalue weighted by Crippen LogP contribution is 2.30. The third kappa shape index (κ3) is 6.14. The number of aromatic nitrogens is 4. The number of hydrogen-bond donors (Lipinski definition) is 2. The van der Waals surface area contributed by atoms with E-state index in [-0.39, 0.29) is 29.8 Å². The summed E-state index contributed by atoms with van der Waals surface area (Å²) in [5.74, 6) is -0.838. The van der Waals surface area contributed by atoms with Gasteiger partial charge in [-0.15, -0.1) is 0 Å². The molecule has 184 valence electrons. The van der Waals surface area contributed by atoms with Crippen molar-refractivity contribution in [2.24, 2.45) is 4.99 Å². The van der Waals surface area contributed by atoms with Crippen molar-refractivity contribution in [3.8, 4) is 5.88 Å². The molecular formula is C22H20Cl2IN5O5. The fraction of sp³-hybridized carbons (Fsp3) is 0.318. The van der Waals surface area contributed by atoms with Crippen molar-refractivity contribution in [1.29, 1.82) is 0 Å². The molecule has 3 aromatic rings. The second-order valence-corrected chi connectivity index (χ2v) is 10.3. The molecule has 13 heteroatoms. The Hall–Kier alpha value is -2.64. The van der Waals surface area contributed by atoms with Crippen molar-refractivity contribution in [3.05, 3.63) is 78.7 Å². The van der Waals surface area contributed by atoms with Crippen LogP contribution in [-0.4, -0.2) is 40.2 Å². The van der Waals surface area contributed by atoms with Crippen molar-refractivity contribution in [3.63, 3.8) is 0 Å². The minimum Gasteiger partial charge on any atom is -0.480 e. The number of H-pyrrole nitrogens is 1. The lowest BCUT2D eigenvalue weighted by Crippen LogP contribution is -2.51. The zero-order valence-corrected chi connectivity index (χ0v) is 21.8. The van der Waals surface area contributed by atoms with Crippen LogP contribution < -0.4 is 21.7 Å². The van der Waals surface area contributed by atoms with E-state index in [1.54, 1.807) is 46.9 Å². The van der Waals surface area contributed by atoms with Gasteiger partial charge in [0.1, 0.15) is 15.1 Å². The number of ether oxygens (including phenoxy) is 1. The van der Waals surface area contributed by atoms with E-state index in [0.717, 1.165) is 29.4 Å². The van der Waals surface area contributed by atoms with Gasteiger partial charge in [-0.25, -0.2) is 24.1 Å². The van der Waals surface area contributed by atoms with Crippen molar-refractivity contribution in [2.75, 3.05) is 0 Å². The molecule has 2 N–H and O–H groups in total. The number of carboxylic acids is 1. The van der Waals surface area contributed by atoms with Gasteiger partial charge < -0.3 is 9.84 Å². The van der Waals surface area contributed by atoms with E-state index < -0.39 is 21.3 Å². The Morgan fingerprint density at radius 3 is 2.57 bits per heavy atom. The maximum Gasteiger partial charge on any atom is 0.335 e. The molecule has 10 nitrogen and oxygen atoms in total. The van der Waals surface area contributed by atoms with Crippen LogP contribution in [0.1, 0.15) is 24.8 Å². The van der Waals surface area contributed by atoms with E-state index in [4.69, 9.17) is 27.9 Å². The summed E-state index contributed by atoms with van der Waals surface area (Å²) in [5.41, 5.74) is -0.526. The zero-order valence-electron chi connectivity index (χ0n) is 18.2. The Morgan fingerprint density at radius 2 is 1.97 bits per heavy atom. The van der Waals surface area contributed by atoms with Gasteiger partial charge in [0.25, 0.3) is 0 Å². The molecule has 4 rings (SSSR count). The van der Waals surface area contributed by atoms with Crippen LogP contribution in [-0.2, 0) is 17.9 Å². The predicted molar refractivity (Wildman–Crippen MR) is 138 cm³/mol. The number of carboxylic acid groups (broad SMARTS) is 1. The molecule has 35 heavy (non-hydrogen) atoms. The molecule has 0 aliphatic heterocycles. The Kier molecular flexibility index (Phi) is 7.97. The van der Waals surface area contributed by atoms with Gasteiger partial charge in [-0.05, 0) is 43.0 Å². The van der Waals surface area contributed by atoms with Gasteiger partial charge in [0.05, 0.1) is 25.0 Å². The highest BCUT2D eigenvalue weighted by molar-refractivity contribution is 14.1. The average molecular weight is 632 g/mol. The molecule has 2 heterocycles. The van der Waals surface area contributed by atoms with Crippen LogP contribution in [0, 0.1) is 0 Å². The zero-order chi connectivity index (χ0) is 25.1. The molecule has 0 spiro atoms. The normalized spacial score (nSPS) is 15.0. The number of carbonyl (C=O) groups is 1. The van der Waals surface area contributed by atoms with Crippen LogP contribution >= 0.6 is 45.8 Å². The second kappa shape index (κ2) is 11.0. The second-order valence-electron chi connectivity index (χ2n) is 7.93. The third-order valence-electron chi connectivity index (χ3n) is 5.40. The van der Waals surface area contributed by atoms with Crippen LogP contribution in [0.3, 0.4) is 0 Å². The van der Waals surface area contributed by atoms with Crippen LogP contribution in [0.15, 0.2) is 51.1 Å². The summed E-state index contributed by atoms with van der Waals surface area (Å²) in [5, 5.41) is 10.0. The monoisotopic (exact) mass is 631 g/mol. The number of pyridine rings is 1. The molecule has 0 unspecified atom stereocenters. The number of hydrogen-bond acceptors (Lipinski definition) is 6. The third-order valence-corrected chi connectivity index (χ3v) is 6.85. The summed E-state index contributed by atoms with van der Waals surface area (Å²) < 4.78 is 6.84. The number of alkyl halides is 1. The molecule has 0 bridgehead atoms. The largest absolute Gasteiger partial charge is 0.480 e. The van der Waals surface area contributed by atoms with E-state index in [1.165, 1.54) is 16.8 Å². The van der Waals surface area contributed by atoms with E-state index in [2.05, 4.69) is 15.0 Å². The van der Waals surface area contributed by atoms with Gasteiger partial charge in [0, 0.05) is 5.02 Å². The van der Waals surface area contributed by atoms with Crippen LogP contribution in [0.25, 0.3) is 0 Å². The predicted octanol–water partition coefficient (Wildman–Crippen LogP) is 3.14. The molecule has 1 saturated carbocycles. The first-order chi connectivity index (χ1) is 16.7. The number of halogens is 3. The summed E-state index contributed by atoms with van der Waals surface area (Å²) in [7, 11) is 0. The molecule has 1 atom stereocenters. The summed E-state index contributed by atoms with van der Waals surface area (Å²) in [6.45, 7) is -0.264. The Balaban J connectivity index is 1.78. The minimum absolute atomic E-state index is 0.0444. The molecule has 1 aliphatic rings. The number of aliphatic carboxylic acids is 1. The molecule has 0 saturated heterocycles. The maximum atomic E-state index is 13.3. The SMILES string of the molecule is O=C(O)[C@@H](I)Cn1c(=O)[nH]/c(=N\c2cnc(OC3CCC3)c(Cl)c2)n(Cc2ccc(Cl)cc2)c1=O.